The van der Waals surface area contributed by atoms with Crippen LogP contribution in [0.2, 0.25) is 0 Å². The molecule has 0 bridgehead atoms. The Labute approximate surface area is 186 Å². The maximum Gasteiger partial charge on any atom is 0.341 e. The van der Waals surface area contributed by atoms with Gasteiger partial charge in [-0.1, -0.05) is 13.8 Å². The van der Waals surface area contributed by atoms with Gasteiger partial charge in [-0.05, 0) is 46.9 Å². The van der Waals surface area contributed by atoms with E-state index >= 15 is 0 Å². The van der Waals surface area contributed by atoms with Crippen molar-refractivity contribution < 1.29 is 23.4 Å². The van der Waals surface area contributed by atoms with Crippen LogP contribution in [0.1, 0.15) is 36.1 Å². The fourth-order valence-electron chi connectivity index (χ4n) is 3.29. The third kappa shape index (κ3) is 4.01. The van der Waals surface area contributed by atoms with Crippen LogP contribution < -0.4 is 5.32 Å². The molecule has 1 aliphatic rings. The predicted octanol–water partition coefficient (Wildman–Crippen LogP) is 4.68. The molecule has 0 radical (unpaired) electrons. The van der Waals surface area contributed by atoms with E-state index in [4.69, 9.17) is 14.2 Å². The fourth-order valence-corrected chi connectivity index (χ4v) is 3.74. The number of ether oxygens (including phenoxy) is 3. The number of pyridine rings is 1. The minimum atomic E-state index is -0.648. The second-order valence-electron chi connectivity index (χ2n) is 7.87. The second kappa shape index (κ2) is 8.12. The number of aromatic nitrogens is 2. The van der Waals surface area contributed by atoms with E-state index in [1.54, 1.807) is 35.1 Å². The number of hydrogen-bond donors (Lipinski definition) is 1. The summed E-state index contributed by atoms with van der Waals surface area (Å²) in [5, 5.41) is 3.02. The molecule has 0 atom stereocenters. The molecule has 0 spiro atoms. The van der Waals surface area contributed by atoms with Crippen LogP contribution in [0.3, 0.4) is 0 Å². The summed E-state index contributed by atoms with van der Waals surface area (Å²) in [6.45, 7) is 5.14. The van der Waals surface area contributed by atoms with Gasteiger partial charge in [0.05, 0.1) is 37.7 Å². The zero-order valence-electron chi connectivity index (χ0n) is 16.7. The number of imidazole rings is 1. The van der Waals surface area contributed by atoms with E-state index in [0.29, 0.717) is 30.1 Å². The molecule has 3 aromatic rings. The number of benzene rings is 1. The van der Waals surface area contributed by atoms with Crippen molar-refractivity contribution >= 4 is 45.6 Å². The molecule has 0 saturated carbocycles. The van der Waals surface area contributed by atoms with Gasteiger partial charge in [-0.2, -0.15) is 0 Å². The number of nitrogens with zero attached hydrogens (tertiary/aromatic N) is 2. The molecular weight excluding hydrogens is 504 g/mol. The Morgan fingerprint density at radius 1 is 1.33 bits per heavy atom. The van der Waals surface area contributed by atoms with Crippen LogP contribution in [0.5, 0.6) is 0 Å². The first kappa shape index (κ1) is 21.0. The number of fused-ring (bicyclic) bond motifs is 1. The van der Waals surface area contributed by atoms with Gasteiger partial charge in [0.2, 0.25) is 0 Å². The lowest BCUT2D eigenvalue weighted by Gasteiger charge is -2.35. The SMILES string of the molecule is COC(=O)c1cc(C2OCC(C)(C)CO2)c2cncn2c1Nc1ccc(I)cc1F. The van der Waals surface area contributed by atoms with Crippen LogP contribution in [0, 0.1) is 14.8 Å². The minimum Gasteiger partial charge on any atom is -0.465 e. The van der Waals surface area contributed by atoms with Crippen molar-refractivity contribution in [3.63, 3.8) is 0 Å². The molecule has 1 aliphatic heterocycles. The zero-order chi connectivity index (χ0) is 21.5. The summed E-state index contributed by atoms with van der Waals surface area (Å²) < 4.78 is 33.7. The highest BCUT2D eigenvalue weighted by Crippen LogP contribution is 2.36. The van der Waals surface area contributed by atoms with Gasteiger partial charge in [0, 0.05) is 14.5 Å². The van der Waals surface area contributed by atoms with Gasteiger partial charge in [0.15, 0.2) is 6.29 Å². The Kier molecular flexibility index (Phi) is 5.69. The van der Waals surface area contributed by atoms with Crippen molar-refractivity contribution in [2.24, 2.45) is 5.41 Å². The molecule has 1 N–H and O–H groups in total. The molecule has 0 amide bonds. The highest BCUT2D eigenvalue weighted by Gasteiger charge is 2.32. The normalized spacial score (nSPS) is 16.6. The van der Waals surface area contributed by atoms with Crippen molar-refractivity contribution in [3.05, 3.63) is 57.3 Å². The van der Waals surface area contributed by atoms with E-state index in [1.165, 1.54) is 13.2 Å². The predicted molar refractivity (Wildman–Crippen MR) is 117 cm³/mol. The molecule has 1 fully saturated rings. The van der Waals surface area contributed by atoms with Crippen molar-refractivity contribution in [1.29, 1.82) is 0 Å². The first-order chi connectivity index (χ1) is 14.3. The van der Waals surface area contributed by atoms with Crippen LogP contribution in [0.4, 0.5) is 15.9 Å². The first-order valence-electron chi connectivity index (χ1n) is 9.31. The van der Waals surface area contributed by atoms with Crippen LogP contribution in [0.15, 0.2) is 36.8 Å². The minimum absolute atomic E-state index is 0.0952. The number of halogens is 2. The lowest BCUT2D eigenvalue weighted by atomic mass is 9.95. The maximum atomic E-state index is 14.5. The Morgan fingerprint density at radius 3 is 2.73 bits per heavy atom. The van der Waals surface area contributed by atoms with Gasteiger partial charge in [-0.25, -0.2) is 14.2 Å². The standard InChI is InChI=1S/C21H21FIN3O4/c1-21(2)9-29-20(30-10-21)13-7-14(19(27)28-3)18(26-11-24-8-17(13)26)25-16-5-4-12(23)6-15(16)22/h4-8,11,20,25H,9-10H2,1-3H3. The van der Waals surface area contributed by atoms with E-state index in [9.17, 15) is 9.18 Å². The molecule has 7 nitrogen and oxygen atoms in total. The molecule has 1 saturated heterocycles. The van der Waals surface area contributed by atoms with Crippen molar-refractivity contribution in [2.45, 2.75) is 20.1 Å². The molecule has 30 heavy (non-hydrogen) atoms. The average Bonchev–Trinajstić information content (AvgIpc) is 3.19. The molecule has 4 rings (SSSR count). The number of anilines is 2. The number of hydrogen-bond acceptors (Lipinski definition) is 6. The van der Waals surface area contributed by atoms with Crippen LogP contribution in [-0.4, -0.2) is 35.7 Å². The molecule has 1 aromatic carbocycles. The Bertz CT molecular complexity index is 1110. The molecule has 0 unspecified atom stereocenters. The highest BCUT2D eigenvalue weighted by atomic mass is 127. The van der Waals surface area contributed by atoms with Gasteiger partial charge in [0.25, 0.3) is 0 Å². The van der Waals surface area contributed by atoms with E-state index in [0.717, 1.165) is 3.57 Å². The molecule has 0 aliphatic carbocycles. The van der Waals surface area contributed by atoms with E-state index < -0.39 is 18.1 Å². The zero-order valence-corrected chi connectivity index (χ0v) is 18.9. The van der Waals surface area contributed by atoms with Crippen molar-refractivity contribution in [1.82, 2.24) is 9.38 Å². The quantitative estimate of drug-likeness (QED) is 0.394. The monoisotopic (exact) mass is 525 g/mol. The number of nitrogens with one attached hydrogen (secondary N) is 1. The van der Waals surface area contributed by atoms with Gasteiger partial charge in [0.1, 0.15) is 23.5 Å². The Balaban J connectivity index is 1.82. The van der Waals surface area contributed by atoms with Crippen molar-refractivity contribution in [2.75, 3.05) is 25.6 Å². The molecule has 3 heterocycles. The number of carbonyl (C=O) groups excluding carboxylic acids is 1. The molecule has 158 valence electrons. The van der Waals surface area contributed by atoms with Gasteiger partial charge < -0.3 is 19.5 Å². The van der Waals surface area contributed by atoms with Gasteiger partial charge in [-0.3, -0.25) is 4.40 Å². The van der Waals surface area contributed by atoms with Crippen LogP contribution >= 0.6 is 22.6 Å². The summed E-state index contributed by atoms with van der Waals surface area (Å²) in [4.78, 5) is 16.8. The molecule has 2 aromatic heterocycles. The number of esters is 1. The Hall–Kier alpha value is -2.24. The summed E-state index contributed by atoms with van der Waals surface area (Å²) in [5.74, 6) is -0.665. The number of methoxy groups -OCH3 is 1. The first-order valence-corrected chi connectivity index (χ1v) is 10.4. The summed E-state index contributed by atoms with van der Waals surface area (Å²) in [6, 6.07) is 6.45. The van der Waals surface area contributed by atoms with E-state index in [-0.39, 0.29) is 16.7 Å². The van der Waals surface area contributed by atoms with Gasteiger partial charge in [-0.15, -0.1) is 0 Å². The molecular formula is C21H21FIN3O4. The van der Waals surface area contributed by atoms with E-state index in [1.807, 2.05) is 22.6 Å². The third-order valence-corrected chi connectivity index (χ3v) is 5.50. The van der Waals surface area contributed by atoms with Crippen LogP contribution in [0.25, 0.3) is 5.52 Å². The smallest absolute Gasteiger partial charge is 0.341 e. The summed E-state index contributed by atoms with van der Waals surface area (Å²) in [5.41, 5.74) is 1.68. The summed E-state index contributed by atoms with van der Waals surface area (Å²) in [6.07, 6.45) is 2.55. The largest absolute Gasteiger partial charge is 0.465 e. The number of rotatable bonds is 4. The topological polar surface area (TPSA) is 74.1 Å². The van der Waals surface area contributed by atoms with Crippen LogP contribution in [-0.2, 0) is 14.2 Å². The summed E-state index contributed by atoms with van der Waals surface area (Å²) >= 11 is 2.04. The lowest BCUT2D eigenvalue weighted by molar-refractivity contribution is -0.225. The van der Waals surface area contributed by atoms with E-state index in [2.05, 4.69) is 24.1 Å². The summed E-state index contributed by atoms with van der Waals surface area (Å²) in [7, 11) is 1.30. The third-order valence-electron chi connectivity index (χ3n) is 4.82. The fraction of sp³-hybridized carbons (Fsp3) is 0.333. The van der Waals surface area contributed by atoms with Gasteiger partial charge >= 0.3 is 5.97 Å². The number of carbonyl (C=O) groups is 1. The maximum absolute atomic E-state index is 14.5. The lowest BCUT2D eigenvalue weighted by Crippen LogP contribution is -2.34. The Morgan fingerprint density at radius 2 is 2.07 bits per heavy atom. The second-order valence-corrected chi connectivity index (χ2v) is 9.12. The molecule has 9 heteroatoms. The highest BCUT2D eigenvalue weighted by molar-refractivity contribution is 14.1. The average molecular weight is 525 g/mol. The van der Waals surface area contributed by atoms with Crippen molar-refractivity contribution in [3.8, 4) is 0 Å².